The number of carbonyl (C=O) groups is 2. The van der Waals surface area contributed by atoms with Crippen LogP contribution in [0.2, 0.25) is 0 Å². The first kappa shape index (κ1) is 15.9. The van der Waals surface area contributed by atoms with Gasteiger partial charge in [0, 0.05) is 30.3 Å². The van der Waals surface area contributed by atoms with Gasteiger partial charge in [-0.1, -0.05) is 12.1 Å². The summed E-state index contributed by atoms with van der Waals surface area (Å²) in [6.07, 6.45) is 0.364. The van der Waals surface area contributed by atoms with Crippen molar-refractivity contribution in [2.45, 2.75) is 19.4 Å². The highest BCUT2D eigenvalue weighted by atomic mass is 32.2. The molecule has 2 rings (SSSR count). The van der Waals surface area contributed by atoms with Crippen LogP contribution in [0.3, 0.4) is 0 Å². The van der Waals surface area contributed by atoms with Crippen LogP contribution in [0.5, 0.6) is 0 Å². The van der Waals surface area contributed by atoms with E-state index < -0.39 is 0 Å². The van der Waals surface area contributed by atoms with Gasteiger partial charge in [0.15, 0.2) is 0 Å². The van der Waals surface area contributed by atoms with Crippen LogP contribution in [-0.2, 0) is 16.0 Å². The fraction of sp³-hybridized carbons (Fsp3) is 0.467. The molecule has 21 heavy (non-hydrogen) atoms. The maximum absolute atomic E-state index is 12.1. The minimum atomic E-state index is -0.126. The summed E-state index contributed by atoms with van der Waals surface area (Å²) >= 11 is 1.79. The Balaban J connectivity index is 1.86. The number of rotatable bonds is 5. The van der Waals surface area contributed by atoms with E-state index in [0.717, 1.165) is 29.3 Å². The van der Waals surface area contributed by atoms with Crippen molar-refractivity contribution in [3.8, 4) is 0 Å². The molecule has 1 aromatic carbocycles. The molecule has 2 amide bonds. The van der Waals surface area contributed by atoms with Crippen LogP contribution in [0.15, 0.2) is 24.3 Å². The summed E-state index contributed by atoms with van der Waals surface area (Å²) in [6.45, 7) is 3.40. The predicted octanol–water partition coefficient (Wildman–Crippen LogP) is 1.01. The van der Waals surface area contributed by atoms with E-state index in [1.807, 2.05) is 31.2 Å². The third-order valence-electron chi connectivity index (χ3n) is 3.20. The zero-order valence-electron chi connectivity index (χ0n) is 12.1. The summed E-state index contributed by atoms with van der Waals surface area (Å²) in [5.74, 6) is 1.87. The van der Waals surface area contributed by atoms with Gasteiger partial charge in [-0.05, 0) is 24.6 Å². The number of likely N-dealkylation sites (N-methyl/N-ethyl adjacent to an activating group) is 1. The highest BCUT2D eigenvalue weighted by Crippen LogP contribution is 2.13. The maximum Gasteiger partial charge on any atom is 0.242 e. The largest absolute Gasteiger partial charge is 0.356 e. The van der Waals surface area contributed by atoms with Crippen LogP contribution in [0.25, 0.3) is 0 Å². The van der Waals surface area contributed by atoms with Gasteiger partial charge in [-0.25, -0.2) is 0 Å². The van der Waals surface area contributed by atoms with Crippen molar-refractivity contribution < 1.29 is 9.59 Å². The van der Waals surface area contributed by atoms with Crippen molar-refractivity contribution in [3.63, 3.8) is 0 Å². The van der Waals surface area contributed by atoms with E-state index in [1.54, 1.807) is 11.8 Å². The van der Waals surface area contributed by atoms with Crippen molar-refractivity contribution in [2.75, 3.05) is 29.9 Å². The van der Waals surface area contributed by atoms with Gasteiger partial charge < -0.3 is 16.0 Å². The Kier molecular flexibility index (Phi) is 6.07. The lowest BCUT2D eigenvalue weighted by Crippen LogP contribution is -2.46. The molecule has 1 aliphatic rings. The van der Waals surface area contributed by atoms with E-state index in [1.165, 1.54) is 0 Å². The molecule has 3 N–H and O–H groups in total. The third kappa shape index (κ3) is 5.06. The first-order valence-electron chi connectivity index (χ1n) is 7.16. The number of nitrogens with one attached hydrogen (secondary N) is 3. The fourth-order valence-electron chi connectivity index (χ4n) is 2.11. The predicted molar refractivity (Wildman–Crippen MR) is 86.6 cm³/mol. The summed E-state index contributed by atoms with van der Waals surface area (Å²) in [7, 11) is 0. The van der Waals surface area contributed by atoms with E-state index in [-0.39, 0.29) is 17.9 Å². The lowest BCUT2D eigenvalue weighted by Gasteiger charge is -2.22. The van der Waals surface area contributed by atoms with Gasteiger partial charge in [-0.15, -0.1) is 0 Å². The van der Waals surface area contributed by atoms with Crippen LogP contribution >= 0.6 is 11.8 Å². The van der Waals surface area contributed by atoms with Crippen molar-refractivity contribution in [3.05, 3.63) is 29.8 Å². The Morgan fingerprint density at radius 1 is 1.33 bits per heavy atom. The second kappa shape index (κ2) is 8.05. The Bertz CT molecular complexity index is 484. The molecule has 0 aliphatic carbocycles. The standard InChI is InChI=1S/C15H21N3O2S/c1-2-16-14(19)9-11-3-5-12(6-4-11)18-15(20)13-10-21-8-7-17-13/h3-6,13,17H,2,7-10H2,1H3,(H,16,19)(H,18,20). The number of hydrogen-bond acceptors (Lipinski definition) is 4. The molecule has 0 saturated carbocycles. The van der Waals surface area contributed by atoms with Gasteiger partial charge in [-0.3, -0.25) is 9.59 Å². The molecule has 0 spiro atoms. The van der Waals surface area contributed by atoms with Crippen molar-refractivity contribution >= 4 is 29.3 Å². The summed E-state index contributed by atoms with van der Waals surface area (Å²) in [5, 5.41) is 8.87. The zero-order chi connectivity index (χ0) is 15.1. The molecule has 0 aromatic heterocycles. The first-order chi connectivity index (χ1) is 10.2. The third-order valence-corrected chi connectivity index (χ3v) is 4.26. The molecule has 1 unspecified atom stereocenters. The van der Waals surface area contributed by atoms with Crippen LogP contribution in [0.4, 0.5) is 5.69 Å². The quantitative estimate of drug-likeness (QED) is 0.759. The molecule has 6 heteroatoms. The van der Waals surface area contributed by atoms with E-state index in [2.05, 4.69) is 16.0 Å². The SMILES string of the molecule is CCNC(=O)Cc1ccc(NC(=O)C2CSCCN2)cc1. The Hall–Kier alpha value is -1.53. The van der Waals surface area contributed by atoms with Crippen LogP contribution in [0.1, 0.15) is 12.5 Å². The monoisotopic (exact) mass is 307 g/mol. The van der Waals surface area contributed by atoms with Gasteiger partial charge >= 0.3 is 0 Å². The van der Waals surface area contributed by atoms with Crippen LogP contribution in [-0.4, -0.2) is 42.5 Å². The average molecular weight is 307 g/mol. The van der Waals surface area contributed by atoms with Crippen molar-refractivity contribution in [2.24, 2.45) is 0 Å². The molecular formula is C15H21N3O2S. The molecule has 1 atom stereocenters. The van der Waals surface area contributed by atoms with Gasteiger partial charge in [0.05, 0.1) is 12.5 Å². The van der Waals surface area contributed by atoms with E-state index in [0.29, 0.717) is 13.0 Å². The van der Waals surface area contributed by atoms with Crippen LogP contribution < -0.4 is 16.0 Å². The highest BCUT2D eigenvalue weighted by Gasteiger charge is 2.20. The average Bonchev–Trinajstić information content (AvgIpc) is 2.50. The molecule has 0 bridgehead atoms. The smallest absolute Gasteiger partial charge is 0.242 e. The molecule has 1 aliphatic heterocycles. The summed E-state index contributed by atoms with van der Waals surface area (Å²) < 4.78 is 0. The fourth-order valence-corrected chi connectivity index (χ4v) is 3.05. The zero-order valence-corrected chi connectivity index (χ0v) is 13.0. The molecule has 114 valence electrons. The van der Waals surface area contributed by atoms with Crippen LogP contribution in [0, 0.1) is 0 Å². The Morgan fingerprint density at radius 3 is 2.71 bits per heavy atom. The minimum Gasteiger partial charge on any atom is -0.356 e. The van der Waals surface area contributed by atoms with E-state index >= 15 is 0 Å². The normalized spacial score (nSPS) is 18.0. The molecule has 1 aromatic rings. The van der Waals surface area contributed by atoms with Gasteiger partial charge in [0.1, 0.15) is 0 Å². The lowest BCUT2D eigenvalue weighted by molar-refractivity contribution is -0.120. The molecular weight excluding hydrogens is 286 g/mol. The summed E-state index contributed by atoms with van der Waals surface area (Å²) in [4.78, 5) is 23.6. The van der Waals surface area contributed by atoms with Gasteiger partial charge in [0.25, 0.3) is 0 Å². The van der Waals surface area contributed by atoms with Gasteiger partial charge in [-0.2, -0.15) is 11.8 Å². The number of hydrogen-bond donors (Lipinski definition) is 3. The van der Waals surface area contributed by atoms with E-state index in [9.17, 15) is 9.59 Å². The molecule has 1 saturated heterocycles. The number of carbonyl (C=O) groups excluding carboxylic acids is 2. The molecule has 0 radical (unpaired) electrons. The Labute approximate surface area is 129 Å². The summed E-state index contributed by atoms with van der Waals surface area (Å²) in [6, 6.07) is 7.28. The molecule has 5 nitrogen and oxygen atoms in total. The number of benzene rings is 1. The van der Waals surface area contributed by atoms with Gasteiger partial charge in [0.2, 0.25) is 11.8 Å². The highest BCUT2D eigenvalue weighted by molar-refractivity contribution is 7.99. The Morgan fingerprint density at radius 2 is 2.10 bits per heavy atom. The number of amides is 2. The van der Waals surface area contributed by atoms with Crippen molar-refractivity contribution in [1.29, 1.82) is 0 Å². The first-order valence-corrected chi connectivity index (χ1v) is 8.32. The number of thioether (sulfide) groups is 1. The topological polar surface area (TPSA) is 70.2 Å². The lowest BCUT2D eigenvalue weighted by atomic mass is 10.1. The van der Waals surface area contributed by atoms with E-state index in [4.69, 9.17) is 0 Å². The second-order valence-electron chi connectivity index (χ2n) is 4.90. The molecule has 1 heterocycles. The minimum absolute atomic E-state index is 0.00123. The molecule has 1 fully saturated rings. The second-order valence-corrected chi connectivity index (χ2v) is 6.05. The number of anilines is 1. The summed E-state index contributed by atoms with van der Waals surface area (Å²) in [5.41, 5.74) is 1.70. The maximum atomic E-state index is 12.1. The van der Waals surface area contributed by atoms with Crippen molar-refractivity contribution in [1.82, 2.24) is 10.6 Å².